The van der Waals surface area contributed by atoms with Crippen molar-refractivity contribution in [2.24, 2.45) is 0 Å². The van der Waals surface area contributed by atoms with E-state index in [1.807, 2.05) is 0 Å². The van der Waals surface area contributed by atoms with Gasteiger partial charge in [-0.25, -0.2) is 0 Å². The standard InChI is InChI=1S/C14H16N2O4S2/c17-13(9-21)16-8-7-15-11-5-1-3-10-4-2-6-12(14(10)11)22(18,19)20/h1-6,15,21H,7-9H2,(H,16,17)(H,18,19,20). The third-order valence-corrected chi connectivity index (χ3v) is 4.23. The van der Waals surface area contributed by atoms with Gasteiger partial charge in [0, 0.05) is 24.2 Å². The second kappa shape index (κ2) is 6.99. The predicted octanol–water partition coefficient (Wildman–Crippen LogP) is 1.54. The molecule has 0 saturated heterocycles. The van der Waals surface area contributed by atoms with Crippen LogP contribution in [0.3, 0.4) is 0 Å². The van der Waals surface area contributed by atoms with Gasteiger partial charge < -0.3 is 10.6 Å². The van der Waals surface area contributed by atoms with Gasteiger partial charge in [0.2, 0.25) is 5.91 Å². The normalized spacial score (nSPS) is 11.4. The van der Waals surface area contributed by atoms with E-state index in [9.17, 15) is 17.8 Å². The van der Waals surface area contributed by atoms with Crippen molar-refractivity contribution in [3.8, 4) is 0 Å². The Balaban J connectivity index is 2.28. The Morgan fingerprint density at radius 2 is 1.82 bits per heavy atom. The summed E-state index contributed by atoms with van der Waals surface area (Å²) in [6.45, 7) is 0.794. The highest BCUT2D eigenvalue weighted by atomic mass is 32.2. The number of nitrogens with one attached hydrogen (secondary N) is 2. The summed E-state index contributed by atoms with van der Waals surface area (Å²) in [7, 11) is -4.32. The zero-order valence-electron chi connectivity index (χ0n) is 11.6. The molecule has 6 nitrogen and oxygen atoms in total. The monoisotopic (exact) mass is 340 g/mol. The summed E-state index contributed by atoms with van der Waals surface area (Å²) >= 11 is 3.85. The van der Waals surface area contributed by atoms with Crippen LogP contribution in [0.5, 0.6) is 0 Å². The first-order valence-corrected chi connectivity index (χ1v) is 8.61. The smallest absolute Gasteiger partial charge is 0.295 e. The number of anilines is 1. The number of thiol groups is 1. The fourth-order valence-electron chi connectivity index (χ4n) is 2.12. The number of carbonyl (C=O) groups excluding carboxylic acids is 1. The number of hydrogen-bond acceptors (Lipinski definition) is 5. The van der Waals surface area contributed by atoms with Crippen molar-refractivity contribution >= 4 is 45.1 Å². The van der Waals surface area contributed by atoms with Gasteiger partial charge in [-0.05, 0) is 17.5 Å². The SMILES string of the molecule is O=C(CS)NCCNc1cccc2cccc(S(=O)(=O)O)c12. The Morgan fingerprint density at radius 3 is 2.45 bits per heavy atom. The molecule has 0 spiro atoms. The van der Waals surface area contributed by atoms with Crippen molar-refractivity contribution < 1.29 is 17.8 Å². The van der Waals surface area contributed by atoms with E-state index < -0.39 is 10.1 Å². The first-order valence-electron chi connectivity index (χ1n) is 6.54. The Morgan fingerprint density at radius 1 is 1.14 bits per heavy atom. The molecule has 0 saturated carbocycles. The van der Waals surface area contributed by atoms with E-state index in [1.165, 1.54) is 6.07 Å². The molecular formula is C14H16N2O4S2. The summed E-state index contributed by atoms with van der Waals surface area (Å²) < 4.78 is 32.4. The molecule has 0 aliphatic rings. The van der Waals surface area contributed by atoms with Crippen LogP contribution in [0, 0.1) is 0 Å². The lowest BCUT2D eigenvalue weighted by Gasteiger charge is -2.12. The molecule has 118 valence electrons. The molecule has 1 amide bonds. The van der Waals surface area contributed by atoms with Gasteiger partial charge in [-0.15, -0.1) is 0 Å². The highest BCUT2D eigenvalue weighted by Crippen LogP contribution is 2.29. The van der Waals surface area contributed by atoms with Crippen molar-refractivity contribution in [3.05, 3.63) is 36.4 Å². The fraction of sp³-hybridized carbons (Fsp3) is 0.214. The summed E-state index contributed by atoms with van der Waals surface area (Å²) in [5, 5.41) is 6.83. The highest BCUT2D eigenvalue weighted by molar-refractivity contribution is 7.86. The van der Waals surface area contributed by atoms with Crippen molar-refractivity contribution in [3.63, 3.8) is 0 Å². The fourth-order valence-corrected chi connectivity index (χ4v) is 2.97. The summed E-state index contributed by atoms with van der Waals surface area (Å²) in [5.74, 6) is -0.0667. The predicted molar refractivity (Wildman–Crippen MR) is 89.1 cm³/mol. The third kappa shape index (κ3) is 3.90. The molecule has 2 aromatic carbocycles. The maximum absolute atomic E-state index is 11.5. The quantitative estimate of drug-likeness (QED) is 0.363. The van der Waals surface area contributed by atoms with Gasteiger partial charge in [0.15, 0.2) is 0 Å². The zero-order valence-corrected chi connectivity index (χ0v) is 13.3. The van der Waals surface area contributed by atoms with E-state index in [0.717, 1.165) is 0 Å². The van der Waals surface area contributed by atoms with Crippen LogP contribution in [0.25, 0.3) is 10.8 Å². The number of rotatable bonds is 6. The van der Waals surface area contributed by atoms with Crippen LogP contribution < -0.4 is 10.6 Å². The number of hydrogen-bond donors (Lipinski definition) is 4. The van der Waals surface area contributed by atoms with Crippen molar-refractivity contribution in [1.29, 1.82) is 0 Å². The molecule has 22 heavy (non-hydrogen) atoms. The van der Waals surface area contributed by atoms with Crippen molar-refractivity contribution in [2.75, 3.05) is 24.2 Å². The molecule has 0 unspecified atom stereocenters. The number of fused-ring (bicyclic) bond motifs is 1. The Labute approximate surface area is 134 Å². The molecule has 0 heterocycles. The highest BCUT2D eigenvalue weighted by Gasteiger charge is 2.16. The molecule has 0 bridgehead atoms. The van der Waals surface area contributed by atoms with Gasteiger partial charge in [-0.2, -0.15) is 21.0 Å². The van der Waals surface area contributed by atoms with Crippen molar-refractivity contribution in [2.45, 2.75) is 4.90 Å². The molecule has 0 aliphatic carbocycles. The van der Waals surface area contributed by atoms with E-state index >= 15 is 0 Å². The lowest BCUT2D eigenvalue weighted by molar-refractivity contribution is -0.118. The second-order valence-electron chi connectivity index (χ2n) is 4.57. The van der Waals surface area contributed by atoms with E-state index in [0.29, 0.717) is 29.5 Å². The number of amides is 1. The maximum atomic E-state index is 11.5. The topological polar surface area (TPSA) is 95.5 Å². The van der Waals surface area contributed by atoms with Crippen LogP contribution in [0.2, 0.25) is 0 Å². The zero-order chi connectivity index (χ0) is 16.2. The van der Waals surface area contributed by atoms with Gasteiger partial charge in [-0.1, -0.05) is 24.3 Å². The Bertz CT molecular complexity index is 785. The van der Waals surface area contributed by atoms with Crippen LogP contribution in [0.1, 0.15) is 0 Å². The Hall–Kier alpha value is -1.77. The average Bonchev–Trinajstić information content (AvgIpc) is 2.49. The molecule has 2 rings (SSSR count). The van der Waals surface area contributed by atoms with Crippen LogP contribution in [-0.4, -0.2) is 37.7 Å². The lowest BCUT2D eigenvalue weighted by atomic mass is 10.1. The number of carbonyl (C=O) groups is 1. The summed E-state index contributed by atoms with van der Waals surface area (Å²) in [4.78, 5) is 10.9. The van der Waals surface area contributed by atoms with Gasteiger partial charge in [0.1, 0.15) is 4.90 Å². The van der Waals surface area contributed by atoms with E-state index in [-0.39, 0.29) is 16.6 Å². The first-order chi connectivity index (χ1) is 10.4. The van der Waals surface area contributed by atoms with Gasteiger partial charge in [0.05, 0.1) is 5.75 Å². The minimum Gasteiger partial charge on any atom is -0.383 e. The second-order valence-corrected chi connectivity index (χ2v) is 6.28. The van der Waals surface area contributed by atoms with Gasteiger partial charge >= 0.3 is 0 Å². The van der Waals surface area contributed by atoms with E-state index in [1.54, 1.807) is 30.3 Å². The minimum atomic E-state index is -4.32. The summed E-state index contributed by atoms with van der Waals surface area (Å²) in [5.41, 5.74) is 0.575. The molecule has 0 atom stereocenters. The molecule has 0 aliphatic heterocycles. The molecule has 2 aromatic rings. The maximum Gasteiger partial charge on any atom is 0.295 e. The first kappa shape index (κ1) is 16.6. The van der Waals surface area contributed by atoms with Crippen LogP contribution in [0.15, 0.2) is 41.3 Å². The molecule has 0 radical (unpaired) electrons. The van der Waals surface area contributed by atoms with Crippen molar-refractivity contribution in [1.82, 2.24) is 5.32 Å². The van der Waals surface area contributed by atoms with Crippen LogP contribution >= 0.6 is 12.6 Å². The minimum absolute atomic E-state index is 0.112. The largest absolute Gasteiger partial charge is 0.383 e. The average molecular weight is 340 g/mol. The van der Waals surface area contributed by atoms with Gasteiger partial charge in [0.25, 0.3) is 10.1 Å². The third-order valence-electron chi connectivity index (χ3n) is 3.05. The van der Waals surface area contributed by atoms with Crippen LogP contribution in [0.4, 0.5) is 5.69 Å². The molecule has 0 aromatic heterocycles. The van der Waals surface area contributed by atoms with Gasteiger partial charge in [-0.3, -0.25) is 9.35 Å². The lowest BCUT2D eigenvalue weighted by Crippen LogP contribution is -2.29. The molecule has 3 N–H and O–H groups in total. The van der Waals surface area contributed by atoms with Crippen LogP contribution in [-0.2, 0) is 14.9 Å². The Kier molecular flexibility index (Phi) is 5.28. The molecular weight excluding hydrogens is 324 g/mol. The molecule has 0 fully saturated rings. The number of benzene rings is 2. The summed E-state index contributed by atoms with van der Waals surface area (Å²) in [6.07, 6.45) is 0. The summed E-state index contributed by atoms with van der Waals surface area (Å²) in [6, 6.07) is 9.95. The molecule has 8 heteroatoms. The van der Waals surface area contributed by atoms with E-state index in [2.05, 4.69) is 23.3 Å². The van der Waals surface area contributed by atoms with E-state index in [4.69, 9.17) is 0 Å².